The average Bonchev–Trinajstić information content (AvgIpc) is 2.39. The zero-order valence-corrected chi connectivity index (χ0v) is 11.2. The minimum Gasteiger partial charge on any atom is -0.344 e. The van der Waals surface area contributed by atoms with Crippen molar-refractivity contribution in [3.63, 3.8) is 0 Å². The second-order valence-corrected chi connectivity index (χ2v) is 4.61. The molecule has 0 unspecified atom stereocenters. The van der Waals surface area contributed by atoms with E-state index in [4.69, 9.17) is 5.73 Å². The van der Waals surface area contributed by atoms with Crippen LogP contribution in [-0.2, 0) is 6.54 Å². The highest BCUT2D eigenvalue weighted by Gasteiger charge is 2.07. The largest absolute Gasteiger partial charge is 0.344 e. The molecule has 0 atom stereocenters. The fourth-order valence-corrected chi connectivity index (χ4v) is 2.15. The first-order valence-corrected chi connectivity index (χ1v) is 6.14. The van der Waals surface area contributed by atoms with Crippen molar-refractivity contribution < 1.29 is 0 Å². The van der Waals surface area contributed by atoms with Crippen molar-refractivity contribution in [2.45, 2.75) is 6.54 Å². The van der Waals surface area contributed by atoms with Crippen molar-refractivity contribution in [2.75, 3.05) is 11.9 Å². The number of anilines is 2. The third-order valence-electron chi connectivity index (χ3n) is 2.67. The third kappa shape index (κ3) is 2.65. The Balaban J connectivity index is 2.30. The molecule has 0 saturated heterocycles. The summed E-state index contributed by atoms with van der Waals surface area (Å²) in [4.78, 5) is 6.16. The summed E-state index contributed by atoms with van der Waals surface area (Å²) in [7, 11) is 2.03. The molecular formula is C13H14BrN3. The molecule has 0 aliphatic carbocycles. The summed E-state index contributed by atoms with van der Waals surface area (Å²) in [6.45, 7) is 0.572. The smallest absolute Gasteiger partial charge is 0.0595 e. The van der Waals surface area contributed by atoms with E-state index >= 15 is 0 Å². The Bertz CT molecular complexity index is 496. The first-order valence-electron chi connectivity index (χ1n) is 5.34. The van der Waals surface area contributed by atoms with Gasteiger partial charge < -0.3 is 10.6 Å². The summed E-state index contributed by atoms with van der Waals surface area (Å²) in [5.74, 6) is 0. The highest BCUT2D eigenvalue weighted by atomic mass is 79.9. The molecule has 0 fully saturated rings. The molecule has 0 aliphatic rings. The third-order valence-corrected chi connectivity index (χ3v) is 3.28. The van der Waals surface area contributed by atoms with Crippen LogP contribution in [0.4, 0.5) is 11.4 Å². The van der Waals surface area contributed by atoms with Crippen LogP contribution in [0.3, 0.4) is 0 Å². The van der Waals surface area contributed by atoms with Gasteiger partial charge in [-0.25, -0.2) is 0 Å². The molecular weight excluding hydrogens is 278 g/mol. The topological polar surface area (TPSA) is 42.1 Å². The Hall–Kier alpha value is -1.39. The number of aromatic nitrogens is 1. The highest BCUT2D eigenvalue weighted by Crippen LogP contribution is 2.29. The molecule has 17 heavy (non-hydrogen) atoms. The molecule has 2 rings (SSSR count). The molecule has 0 aliphatic heterocycles. The Labute approximate surface area is 109 Å². The first kappa shape index (κ1) is 12.1. The number of hydrogen-bond donors (Lipinski definition) is 1. The molecule has 0 amide bonds. The molecule has 1 heterocycles. The molecule has 0 radical (unpaired) electrons. The van der Waals surface area contributed by atoms with E-state index in [0.717, 1.165) is 21.4 Å². The lowest BCUT2D eigenvalue weighted by Gasteiger charge is -2.20. The van der Waals surface area contributed by atoms with Crippen LogP contribution in [0.15, 0.2) is 47.2 Å². The summed E-state index contributed by atoms with van der Waals surface area (Å²) in [6, 6.07) is 10.2. The first-order chi connectivity index (χ1) is 8.22. The van der Waals surface area contributed by atoms with Gasteiger partial charge >= 0.3 is 0 Å². The minimum atomic E-state index is 0.572. The maximum Gasteiger partial charge on any atom is 0.0595 e. The number of nitrogens with two attached hydrogens (primary N) is 1. The molecule has 0 spiro atoms. The molecule has 0 saturated carbocycles. The molecule has 1 aromatic carbocycles. The molecule has 0 bridgehead atoms. The lowest BCUT2D eigenvalue weighted by atomic mass is 10.2. The fraction of sp³-hybridized carbons (Fsp3) is 0.154. The van der Waals surface area contributed by atoms with Crippen molar-refractivity contribution in [3.05, 3.63) is 52.8 Å². The lowest BCUT2D eigenvalue weighted by Crippen LogP contribution is -2.10. The van der Waals surface area contributed by atoms with Gasteiger partial charge in [-0.2, -0.15) is 0 Å². The van der Waals surface area contributed by atoms with Crippen molar-refractivity contribution in [1.29, 1.82) is 0 Å². The van der Waals surface area contributed by atoms with E-state index in [1.165, 1.54) is 0 Å². The summed E-state index contributed by atoms with van der Waals surface area (Å²) >= 11 is 3.50. The van der Waals surface area contributed by atoms with Crippen LogP contribution >= 0.6 is 15.9 Å². The van der Waals surface area contributed by atoms with Gasteiger partial charge in [0.05, 0.1) is 10.2 Å². The summed E-state index contributed by atoms with van der Waals surface area (Å²) in [5, 5.41) is 0. The average molecular weight is 292 g/mol. The number of hydrogen-bond acceptors (Lipinski definition) is 3. The Morgan fingerprint density at radius 1 is 1.24 bits per heavy atom. The summed E-state index contributed by atoms with van der Waals surface area (Å²) < 4.78 is 0.977. The molecule has 4 heteroatoms. The predicted octanol–water partition coefficient (Wildman–Crippen LogP) is 3.07. The van der Waals surface area contributed by atoms with E-state index < -0.39 is 0 Å². The quantitative estimate of drug-likeness (QED) is 0.945. The summed E-state index contributed by atoms with van der Waals surface area (Å²) in [6.07, 6.45) is 3.57. The van der Waals surface area contributed by atoms with Gasteiger partial charge in [-0.3, -0.25) is 4.98 Å². The van der Waals surface area contributed by atoms with Crippen LogP contribution in [0.25, 0.3) is 0 Å². The molecule has 2 N–H and O–H groups in total. The second-order valence-electron chi connectivity index (χ2n) is 3.76. The number of pyridine rings is 1. The zero-order valence-electron chi connectivity index (χ0n) is 9.60. The SMILES string of the molecule is CN(c1ccc(CN)cc1)c1ccncc1Br. The molecule has 1 aromatic heterocycles. The highest BCUT2D eigenvalue weighted by molar-refractivity contribution is 9.10. The maximum atomic E-state index is 5.58. The Morgan fingerprint density at radius 3 is 2.53 bits per heavy atom. The van der Waals surface area contributed by atoms with E-state index in [9.17, 15) is 0 Å². The van der Waals surface area contributed by atoms with Gasteiger partial charge in [0.1, 0.15) is 0 Å². The molecule has 3 nitrogen and oxygen atoms in total. The van der Waals surface area contributed by atoms with Crippen LogP contribution in [0, 0.1) is 0 Å². The van der Waals surface area contributed by atoms with Crippen LogP contribution < -0.4 is 10.6 Å². The normalized spacial score (nSPS) is 10.3. The van der Waals surface area contributed by atoms with E-state index in [1.807, 2.05) is 25.2 Å². The molecule has 88 valence electrons. The second kappa shape index (κ2) is 5.29. The van der Waals surface area contributed by atoms with Gasteiger partial charge in [0.2, 0.25) is 0 Å². The van der Waals surface area contributed by atoms with Gasteiger partial charge in [-0.15, -0.1) is 0 Å². The molecule has 2 aromatic rings. The Morgan fingerprint density at radius 2 is 1.94 bits per heavy atom. The maximum absolute atomic E-state index is 5.58. The van der Waals surface area contributed by atoms with Crippen molar-refractivity contribution >= 4 is 27.3 Å². The van der Waals surface area contributed by atoms with Crippen LogP contribution in [0.5, 0.6) is 0 Å². The number of rotatable bonds is 3. The van der Waals surface area contributed by atoms with E-state index in [-0.39, 0.29) is 0 Å². The van der Waals surface area contributed by atoms with Crippen molar-refractivity contribution in [2.24, 2.45) is 5.73 Å². The fourth-order valence-electron chi connectivity index (χ4n) is 1.63. The number of benzene rings is 1. The van der Waals surface area contributed by atoms with Crippen LogP contribution in [0.1, 0.15) is 5.56 Å². The minimum absolute atomic E-state index is 0.572. The van der Waals surface area contributed by atoms with Crippen LogP contribution in [-0.4, -0.2) is 12.0 Å². The number of nitrogens with zero attached hydrogens (tertiary/aromatic N) is 2. The lowest BCUT2D eigenvalue weighted by molar-refractivity contribution is 1.07. The zero-order chi connectivity index (χ0) is 12.3. The van der Waals surface area contributed by atoms with E-state index in [1.54, 1.807) is 12.4 Å². The van der Waals surface area contributed by atoms with Crippen molar-refractivity contribution in [3.8, 4) is 0 Å². The van der Waals surface area contributed by atoms with Crippen LogP contribution in [0.2, 0.25) is 0 Å². The van der Waals surface area contributed by atoms with Gasteiger partial charge in [-0.05, 0) is 39.7 Å². The van der Waals surface area contributed by atoms with Gasteiger partial charge in [-0.1, -0.05) is 12.1 Å². The standard InChI is InChI=1S/C13H14BrN3/c1-17(13-6-7-16-9-12(13)14)11-4-2-10(8-15)3-5-11/h2-7,9H,8,15H2,1H3. The van der Waals surface area contributed by atoms with Gasteiger partial charge in [0, 0.05) is 31.7 Å². The predicted molar refractivity (Wildman–Crippen MR) is 74.3 cm³/mol. The van der Waals surface area contributed by atoms with Gasteiger partial charge in [0.15, 0.2) is 0 Å². The monoisotopic (exact) mass is 291 g/mol. The summed E-state index contributed by atoms with van der Waals surface area (Å²) in [5.41, 5.74) is 8.92. The van der Waals surface area contributed by atoms with Crippen molar-refractivity contribution in [1.82, 2.24) is 4.98 Å². The number of halogens is 1. The Kier molecular flexibility index (Phi) is 3.76. The van der Waals surface area contributed by atoms with Gasteiger partial charge in [0.25, 0.3) is 0 Å². The van der Waals surface area contributed by atoms with E-state index in [2.05, 4.69) is 37.9 Å². The van der Waals surface area contributed by atoms with E-state index in [0.29, 0.717) is 6.54 Å².